The second-order valence-corrected chi connectivity index (χ2v) is 6.08. The number of ether oxygens (including phenoxy) is 1. The van der Waals surface area contributed by atoms with Crippen LogP contribution in [0.3, 0.4) is 0 Å². The third-order valence-electron chi connectivity index (χ3n) is 4.56. The lowest BCUT2D eigenvalue weighted by molar-refractivity contribution is 0.0527. The van der Waals surface area contributed by atoms with Crippen molar-refractivity contribution in [1.29, 1.82) is 0 Å². The average molecular weight is 346 g/mol. The third kappa shape index (κ3) is 2.32. The molecule has 4 aromatic rings. The van der Waals surface area contributed by atoms with E-state index < -0.39 is 5.97 Å². The molecule has 0 aliphatic heterocycles. The minimum Gasteiger partial charge on any atom is -0.462 e. The van der Waals surface area contributed by atoms with Gasteiger partial charge in [-0.05, 0) is 32.0 Å². The quantitative estimate of drug-likeness (QED) is 0.571. The zero-order valence-electron chi connectivity index (χ0n) is 14.6. The van der Waals surface area contributed by atoms with Gasteiger partial charge in [0.25, 0.3) is 5.56 Å². The first kappa shape index (κ1) is 16.1. The Hall–Kier alpha value is -3.34. The minimum absolute atomic E-state index is 0.158. The van der Waals surface area contributed by atoms with Gasteiger partial charge in [-0.3, -0.25) is 9.36 Å². The van der Waals surface area contributed by atoms with Gasteiger partial charge >= 0.3 is 5.97 Å². The van der Waals surface area contributed by atoms with E-state index in [9.17, 15) is 9.59 Å². The number of rotatable bonds is 3. The standard InChI is InChI=1S/C21H18N2O3/c1-3-26-21(25)17-13(2)23(14-9-5-4-6-10-14)20(24)18-15-11-7-8-12-16(15)22-19(17)18/h4-12,22H,3H2,1-2H3. The largest absolute Gasteiger partial charge is 0.462 e. The van der Waals surface area contributed by atoms with Crippen LogP contribution in [0.2, 0.25) is 0 Å². The normalized spacial score (nSPS) is 11.2. The van der Waals surface area contributed by atoms with E-state index in [1.165, 1.54) is 0 Å². The summed E-state index contributed by atoms with van der Waals surface area (Å²) in [5.41, 5.74) is 2.84. The van der Waals surface area contributed by atoms with Crippen molar-refractivity contribution < 1.29 is 9.53 Å². The number of aromatic nitrogens is 2. The molecule has 0 aliphatic carbocycles. The molecule has 26 heavy (non-hydrogen) atoms. The zero-order chi connectivity index (χ0) is 18.3. The number of nitrogens with zero attached hydrogens (tertiary/aromatic N) is 1. The summed E-state index contributed by atoms with van der Waals surface area (Å²) in [5, 5.41) is 1.29. The van der Waals surface area contributed by atoms with Crippen molar-refractivity contribution in [2.45, 2.75) is 13.8 Å². The van der Waals surface area contributed by atoms with Crippen LogP contribution in [0.25, 0.3) is 27.5 Å². The van der Waals surface area contributed by atoms with E-state index in [2.05, 4.69) is 4.98 Å². The second kappa shape index (κ2) is 6.19. The van der Waals surface area contributed by atoms with Gasteiger partial charge in [-0.1, -0.05) is 36.4 Å². The lowest BCUT2D eigenvalue weighted by Crippen LogP contribution is -2.24. The predicted octanol–water partition coefficient (Wildman–Crippen LogP) is 3.96. The number of para-hydroxylation sites is 2. The highest BCUT2D eigenvalue weighted by Crippen LogP contribution is 2.28. The molecular weight excluding hydrogens is 328 g/mol. The lowest BCUT2D eigenvalue weighted by atomic mass is 10.1. The van der Waals surface area contributed by atoms with Crippen LogP contribution in [0.1, 0.15) is 23.0 Å². The van der Waals surface area contributed by atoms with E-state index in [-0.39, 0.29) is 12.2 Å². The van der Waals surface area contributed by atoms with Crippen LogP contribution in [0.15, 0.2) is 59.4 Å². The molecule has 0 saturated heterocycles. The molecule has 2 heterocycles. The van der Waals surface area contributed by atoms with Crippen LogP contribution in [0.4, 0.5) is 0 Å². The van der Waals surface area contributed by atoms with Crippen molar-refractivity contribution in [3.05, 3.63) is 76.2 Å². The first-order chi connectivity index (χ1) is 12.6. The van der Waals surface area contributed by atoms with Crippen LogP contribution >= 0.6 is 0 Å². The fraction of sp³-hybridized carbons (Fsp3) is 0.143. The van der Waals surface area contributed by atoms with Crippen molar-refractivity contribution in [2.75, 3.05) is 6.61 Å². The van der Waals surface area contributed by atoms with Crippen LogP contribution in [0.5, 0.6) is 0 Å². The first-order valence-corrected chi connectivity index (χ1v) is 8.52. The molecule has 130 valence electrons. The van der Waals surface area contributed by atoms with Gasteiger partial charge in [0.1, 0.15) is 5.56 Å². The zero-order valence-corrected chi connectivity index (χ0v) is 14.6. The number of carbonyl (C=O) groups is 1. The Labute approximate surface area is 149 Å². The summed E-state index contributed by atoms with van der Waals surface area (Å²) in [6.45, 7) is 3.80. The summed E-state index contributed by atoms with van der Waals surface area (Å²) in [6.07, 6.45) is 0. The Kier molecular flexibility index (Phi) is 3.84. The molecule has 0 bridgehead atoms. The van der Waals surface area contributed by atoms with Gasteiger partial charge in [0.15, 0.2) is 0 Å². The van der Waals surface area contributed by atoms with Gasteiger partial charge in [0.2, 0.25) is 0 Å². The first-order valence-electron chi connectivity index (χ1n) is 8.52. The highest BCUT2D eigenvalue weighted by Gasteiger charge is 2.24. The van der Waals surface area contributed by atoms with Crippen LogP contribution < -0.4 is 5.56 Å². The van der Waals surface area contributed by atoms with Crippen LogP contribution in [-0.4, -0.2) is 22.1 Å². The summed E-state index contributed by atoms with van der Waals surface area (Å²) in [7, 11) is 0. The van der Waals surface area contributed by atoms with E-state index in [1.54, 1.807) is 18.4 Å². The van der Waals surface area contributed by atoms with Crippen molar-refractivity contribution in [1.82, 2.24) is 9.55 Å². The number of pyridine rings is 1. The second-order valence-electron chi connectivity index (χ2n) is 6.08. The molecule has 2 aromatic carbocycles. The molecule has 1 N–H and O–H groups in total. The fourth-order valence-electron chi connectivity index (χ4n) is 3.45. The van der Waals surface area contributed by atoms with E-state index >= 15 is 0 Å². The van der Waals surface area contributed by atoms with Gasteiger partial charge in [0, 0.05) is 22.3 Å². The molecule has 0 spiro atoms. The summed E-state index contributed by atoms with van der Waals surface area (Å²) in [5.74, 6) is -0.439. The SMILES string of the molecule is CCOC(=O)c1c(C)n(-c2ccccc2)c(=O)c2c1[nH]c1ccccc12. The maximum Gasteiger partial charge on any atom is 0.342 e. The van der Waals surface area contributed by atoms with Gasteiger partial charge < -0.3 is 9.72 Å². The summed E-state index contributed by atoms with van der Waals surface area (Å²) < 4.78 is 6.85. The number of fused-ring (bicyclic) bond motifs is 3. The topological polar surface area (TPSA) is 64.1 Å². The number of nitrogens with one attached hydrogen (secondary N) is 1. The summed E-state index contributed by atoms with van der Waals surface area (Å²) in [6, 6.07) is 16.9. The van der Waals surface area contributed by atoms with E-state index in [1.807, 2.05) is 54.6 Å². The highest BCUT2D eigenvalue weighted by atomic mass is 16.5. The average Bonchev–Trinajstić information content (AvgIpc) is 3.02. The number of hydrogen-bond donors (Lipinski definition) is 1. The molecule has 0 radical (unpaired) electrons. The molecule has 0 fully saturated rings. The molecule has 0 saturated carbocycles. The fourth-order valence-corrected chi connectivity index (χ4v) is 3.45. The summed E-state index contributed by atoms with van der Waals surface area (Å²) in [4.78, 5) is 29.3. The van der Waals surface area contributed by atoms with Crippen molar-refractivity contribution in [3.8, 4) is 5.69 Å². The van der Waals surface area contributed by atoms with E-state index in [0.29, 0.717) is 27.8 Å². The predicted molar refractivity (Wildman–Crippen MR) is 102 cm³/mol. The van der Waals surface area contributed by atoms with Gasteiger partial charge in [-0.25, -0.2) is 4.79 Å². The number of benzene rings is 2. The monoisotopic (exact) mass is 346 g/mol. The van der Waals surface area contributed by atoms with Crippen molar-refractivity contribution >= 4 is 27.8 Å². The maximum atomic E-state index is 13.3. The van der Waals surface area contributed by atoms with Crippen LogP contribution in [-0.2, 0) is 4.74 Å². The molecular formula is C21H18N2O3. The molecule has 5 heteroatoms. The molecule has 0 unspecified atom stereocenters. The maximum absolute atomic E-state index is 13.3. The Morgan fingerprint density at radius 1 is 1.08 bits per heavy atom. The van der Waals surface area contributed by atoms with E-state index in [0.717, 1.165) is 10.9 Å². The smallest absolute Gasteiger partial charge is 0.342 e. The minimum atomic E-state index is -0.439. The van der Waals surface area contributed by atoms with Crippen molar-refractivity contribution in [2.24, 2.45) is 0 Å². The number of esters is 1. The Morgan fingerprint density at radius 2 is 1.77 bits per heavy atom. The van der Waals surface area contributed by atoms with Gasteiger partial charge in [0.05, 0.1) is 17.5 Å². The Bertz CT molecular complexity index is 1190. The Morgan fingerprint density at radius 3 is 2.50 bits per heavy atom. The number of aromatic amines is 1. The third-order valence-corrected chi connectivity index (χ3v) is 4.56. The number of carbonyl (C=O) groups excluding carboxylic acids is 1. The number of H-pyrrole nitrogens is 1. The number of hydrogen-bond acceptors (Lipinski definition) is 3. The van der Waals surface area contributed by atoms with Gasteiger partial charge in [-0.2, -0.15) is 0 Å². The molecule has 4 rings (SSSR count). The molecule has 0 aliphatic rings. The molecule has 0 amide bonds. The van der Waals surface area contributed by atoms with Crippen molar-refractivity contribution in [3.63, 3.8) is 0 Å². The molecule has 2 aromatic heterocycles. The Balaban J connectivity index is 2.21. The highest BCUT2D eigenvalue weighted by molar-refractivity contribution is 6.14. The molecule has 5 nitrogen and oxygen atoms in total. The lowest BCUT2D eigenvalue weighted by Gasteiger charge is -2.15. The molecule has 0 atom stereocenters. The van der Waals surface area contributed by atoms with Crippen LogP contribution in [0, 0.1) is 6.92 Å². The van der Waals surface area contributed by atoms with E-state index in [4.69, 9.17) is 4.74 Å². The summed E-state index contributed by atoms with van der Waals surface area (Å²) >= 11 is 0. The van der Waals surface area contributed by atoms with Gasteiger partial charge in [-0.15, -0.1) is 0 Å².